The number of benzene rings is 1. The normalized spacial score (nSPS) is 10.6. The van der Waals surface area contributed by atoms with Crippen molar-refractivity contribution in [3.63, 3.8) is 0 Å². The smallest absolute Gasteiger partial charge is 0.234 e. The molecule has 0 saturated carbocycles. The van der Waals surface area contributed by atoms with Crippen LogP contribution >= 0.6 is 23.4 Å². The summed E-state index contributed by atoms with van der Waals surface area (Å²) in [5.74, 6) is 6.40. The van der Waals surface area contributed by atoms with Gasteiger partial charge in [0.25, 0.3) is 0 Å². The van der Waals surface area contributed by atoms with E-state index >= 15 is 0 Å². The zero-order chi connectivity index (χ0) is 17.8. The fraction of sp³-hybridized carbons (Fsp3) is 0.125. The number of thioether (sulfide) groups is 1. The van der Waals surface area contributed by atoms with E-state index in [2.05, 4.69) is 20.5 Å². The lowest BCUT2D eigenvalue weighted by Crippen LogP contribution is -2.17. The van der Waals surface area contributed by atoms with E-state index in [1.807, 2.05) is 13.0 Å². The third kappa shape index (κ3) is 3.92. The van der Waals surface area contributed by atoms with Crippen LogP contribution < -0.4 is 11.2 Å². The number of aromatic nitrogens is 4. The zero-order valence-corrected chi connectivity index (χ0v) is 14.9. The molecule has 7 nitrogen and oxygen atoms in total. The first-order valence-electron chi connectivity index (χ1n) is 7.36. The van der Waals surface area contributed by atoms with Crippen LogP contribution in [0.5, 0.6) is 0 Å². The van der Waals surface area contributed by atoms with Gasteiger partial charge in [0.1, 0.15) is 5.69 Å². The van der Waals surface area contributed by atoms with Gasteiger partial charge < -0.3 is 11.2 Å². The maximum Gasteiger partial charge on any atom is 0.234 e. The Hall–Kier alpha value is -2.58. The quantitative estimate of drug-likeness (QED) is 0.526. The van der Waals surface area contributed by atoms with E-state index in [1.165, 1.54) is 16.4 Å². The minimum absolute atomic E-state index is 0.142. The monoisotopic (exact) mass is 374 g/mol. The second kappa shape index (κ2) is 7.54. The first-order valence-corrected chi connectivity index (χ1v) is 8.72. The molecule has 0 saturated heterocycles. The molecule has 25 heavy (non-hydrogen) atoms. The Morgan fingerprint density at radius 2 is 2.12 bits per heavy atom. The standard InChI is InChI=1S/C16H15ClN6OS/c1-10-11(17)5-4-7-12(10)20-14(24)9-25-16-22-21-15(23(16)18)13-6-2-3-8-19-13/h2-8H,9,18H2,1H3,(H,20,24). The molecule has 3 aromatic rings. The second-order valence-electron chi connectivity index (χ2n) is 5.14. The van der Waals surface area contributed by atoms with Crippen molar-refractivity contribution in [3.8, 4) is 11.5 Å². The van der Waals surface area contributed by atoms with E-state index < -0.39 is 0 Å². The van der Waals surface area contributed by atoms with E-state index in [0.29, 0.717) is 27.4 Å². The van der Waals surface area contributed by atoms with Crippen molar-refractivity contribution in [2.75, 3.05) is 16.9 Å². The Morgan fingerprint density at radius 1 is 1.28 bits per heavy atom. The number of carbonyl (C=O) groups excluding carboxylic acids is 1. The molecule has 1 amide bonds. The Balaban J connectivity index is 1.65. The average molecular weight is 375 g/mol. The van der Waals surface area contributed by atoms with Crippen molar-refractivity contribution < 1.29 is 4.79 Å². The summed E-state index contributed by atoms with van der Waals surface area (Å²) in [6.45, 7) is 1.85. The molecule has 0 fully saturated rings. The third-order valence-electron chi connectivity index (χ3n) is 3.43. The number of hydrogen-bond donors (Lipinski definition) is 2. The van der Waals surface area contributed by atoms with E-state index in [-0.39, 0.29) is 11.7 Å². The number of hydrogen-bond acceptors (Lipinski definition) is 6. The van der Waals surface area contributed by atoms with Gasteiger partial charge >= 0.3 is 0 Å². The highest BCUT2D eigenvalue weighted by Crippen LogP contribution is 2.24. The van der Waals surface area contributed by atoms with Gasteiger partial charge in [-0.25, -0.2) is 4.68 Å². The second-order valence-corrected chi connectivity index (χ2v) is 6.49. The number of nitrogens with zero attached hydrogens (tertiary/aromatic N) is 4. The molecule has 2 aromatic heterocycles. The minimum atomic E-state index is -0.183. The van der Waals surface area contributed by atoms with Crippen LogP contribution in [0.15, 0.2) is 47.8 Å². The van der Waals surface area contributed by atoms with Gasteiger partial charge in [0, 0.05) is 16.9 Å². The van der Waals surface area contributed by atoms with Crippen LogP contribution in [-0.2, 0) is 4.79 Å². The van der Waals surface area contributed by atoms with Crippen LogP contribution in [0.3, 0.4) is 0 Å². The summed E-state index contributed by atoms with van der Waals surface area (Å²) in [6, 6.07) is 10.8. The van der Waals surface area contributed by atoms with Gasteiger partial charge in [-0.05, 0) is 36.8 Å². The predicted molar refractivity (Wildman–Crippen MR) is 98.9 cm³/mol. The molecule has 9 heteroatoms. The molecule has 0 aliphatic rings. The number of halogens is 1. The Bertz CT molecular complexity index is 899. The Labute approximate surface area is 153 Å². The number of pyridine rings is 1. The summed E-state index contributed by atoms with van der Waals surface area (Å²) >= 11 is 7.24. The molecule has 0 unspecified atom stereocenters. The number of nitrogens with one attached hydrogen (secondary N) is 1. The summed E-state index contributed by atoms with van der Waals surface area (Å²) in [6.07, 6.45) is 1.65. The molecule has 0 atom stereocenters. The molecule has 128 valence electrons. The molecule has 1 aromatic carbocycles. The summed E-state index contributed by atoms with van der Waals surface area (Å²) in [7, 11) is 0. The van der Waals surface area contributed by atoms with E-state index in [0.717, 1.165) is 5.56 Å². The van der Waals surface area contributed by atoms with E-state index in [4.69, 9.17) is 17.4 Å². The van der Waals surface area contributed by atoms with Crippen molar-refractivity contribution in [2.45, 2.75) is 12.1 Å². The lowest BCUT2D eigenvalue weighted by molar-refractivity contribution is -0.113. The van der Waals surface area contributed by atoms with Gasteiger partial charge in [-0.1, -0.05) is 35.5 Å². The van der Waals surface area contributed by atoms with Crippen molar-refractivity contribution in [3.05, 3.63) is 53.2 Å². The molecule has 2 heterocycles. The highest BCUT2D eigenvalue weighted by Gasteiger charge is 2.15. The van der Waals surface area contributed by atoms with Gasteiger partial charge in [0.2, 0.25) is 16.9 Å². The highest BCUT2D eigenvalue weighted by molar-refractivity contribution is 7.99. The Kier molecular flexibility index (Phi) is 5.20. The van der Waals surface area contributed by atoms with Crippen molar-refractivity contribution in [2.24, 2.45) is 0 Å². The van der Waals surface area contributed by atoms with Crippen molar-refractivity contribution >= 4 is 35.0 Å². The third-order valence-corrected chi connectivity index (χ3v) is 4.79. The molecular weight excluding hydrogens is 360 g/mol. The van der Waals surface area contributed by atoms with Gasteiger partial charge in [0.15, 0.2) is 0 Å². The van der Waals surface area contributed by atoms with E-state index in [1.54, 1.807) is 36.5 Å². The van der Waals surface area contributed by atoms with Gasteiger partial charge in [-0.2, -0.15) is 0 Å². The van der Waals surface area contributed by atoms with Crippen LogP contribution in [0.4, 0.5) is 5.69 Å². The number of amides is 1. The summed E-state index contributed by atoms with van der Waals surface area (Å²) in [4.78, 5) is 16.3. The number of nitrogens with two attached hydrogens (primary N) is 1. The zero-order valence-electron chi connectivity index (χ0n) is 13.3. The number of anilines is 1. The summed E-state index contributed by atoms with van der Waals surface area (Å²) < 4.78 is 1.32. The minimum Gasteiger partial charge on any atom is -0.335 e. The summed E-state index contributed by atoms with van der Waals surface area (Å²) in [5.41, 5.74) is 2.12. The molecule has 0 radical (unpaired) electrons. The van der Waals surface area contributed by atoms with Crippen LogP contribution in [0.1, 0.15) is 5.56 Å². The molecule has 0 aliphatic carbocycles. The molecule has 0 bridgehead atoms. The Morgan fingerprint density at radius 3 is 2.88 bits per heavy atom. The van der Waals surface area contributed by atoms with Gasteiger partial charge in [0.05, 0.1) is 5.75 Å². The van der Waals surface area contributed by atoms with Crippen molar-refractivity contribution in [1.82, 2.24) is 19.9 Å². The van der Waals surface area contributed by atoms with Crippen LogP contribution in [0.25, 0.3) is 11.5 Å². The molecule has 3 N–H and O–H groups in total. The average Bonchev–Trinajstić information content (AvgIpc) is 2.99. The first kappa shape index (κ1) is 17.2. The van der Waals surface area contributed by atoms with Crippen molar-refractivity contribution in [1.29, 1.82) is 0 Å². The maximum atomic E-state index is 12.2. The molecule has 3 rings (SSSR count). The van der Waals surface area contributed by atoms with Gasteiger partial charge in [-0.15, -0.1) is 10.2 Å². The summed E-state index contributed by atoms with van der Waals surface area (Å²) in [5, 5.41) is 11.9. The van der Waals surface area contributed by atoms with Crippen LogP contribution in [0.2, 0.25) is 5.02 Å². The number of rotatable bonds is 5. The topological polar surface area (TPSA) is 98.7 Å². The maximum absolute atomic E-state index is 12.2. The lowest BCUT2D eigenvalue weighted by Gasteiger charge is -2.09. The number of nitrogen functional groups attached to an aromatic ring is 1. The van der Waals surface area contributed by atoms with E-state index in [9.17, 15) is 4.79 Å². The molecule has 0 aliphatic heterocycles. The molecular formula is C16H15ClN6OS. The SMILES string of the molecule is Cc1c(Cl)cccc1NC(=O)CSc1nnc(-c2ccccn2)n1N. The fourth-order valence-corrected chi connectivity index (χ4v) is 2.94. The molecule has 0 spiro atoms. The first-order chi connectivity index (χ1) is 12.1. The fourth-order valence-electron chi connectivity index (χ4n) is 2.10. The number of carbonyl (C=O) groups is 1. The predicted octanol–water partition coefficient (Wildman–Crippen LogP) is 2.75. The van der Waals surface area contributed by atoms with Crippen LogP contribution in [-0.4, -0.2) is 31.5 Å². The largest absolute Gasteiger partial charge is 0.335 e. The highest BCUT2D eigenvalue weighted by atomic mass is 35.5. The van der Waals surface area contributed by atoms with Crippen LogP contribution in [0, 0.1) is 6.92 Å². The lowest BCUT2D eigenvalue weighted by atomic mass is 10.2. The van der Waals surface area contributed by atoms with Gasteiger partial charge in [-0.3, -0.25) is 9.78 Å².